The summed E-state index contributed by atoms with van der Waals surface area (Å²) in [6.07, 6.45) is 2.23. The van der Waals surface area contributed by atoms with E-state index in [9.17, 15) is 14.4 Å². The lowest BCUT2D eigenvalue weighted by Crippen LogP contribution is -2.25. The first kappa shape index (κ1) is 23.4. The number of carbonyl (C=O) groups is 3. The van der Waals surface area contributed by atoms with Gasteiger partial charge in [0.05, 0.1) is 10.6 Å². The summed E-state index contributed by atoms with van der Waals surface area (Å²) in [6, 6.07) is 10.4. The largest absolute Gasteiger partial charge is 0.351 e. The quantitative estimate of drug-likeness (QED) is 0.253. The molecule has 0 saturated heterocycles. The van der Waals surface area contributed by atoms with Gasteiger partial charge in [-0.1, -0.05) is 36.0 Å². The van der Waals surface area contributed by atoms with E-state index in [1.165, 1.54) is 30.0 Å². The molecule has 32 heavy (non-hydrogen) atoms. The van der Waals surface area contributed by atoms with E-state index in [-0.39, 0.29) is 23.4 Å². The normalized spacial score (nSPS) is 10.5. The number of benzene rings is 1. The van der Waals surface area contributed by atoms with Crippen molar-refractivity contribution in [2.45, 2.75) is 25.0 Å². The highest BCUT2D eigenvalue weighted by molar-refractivity contribution is 7.99. The number of ketones is 1. The van der Waals surface area contributed by atoms with Crippen molar-refractivity contribution in [3.63, 3.8) is 0 Å². The van der Waals surface area contributed by atoms with E-state index < -0.39 is 0 Å². The third-order valence-electron chi connectivity index (χ3n) is 4.37. The molecule has 0 aliphatic rings. The van der Waals surface area contributed by atoms with Crippen LogP contribution >= 0.6 is 23.1 Å². The predicted octanol–water partition coefficient (Wildman–Crippen LogP) is 3.43. The van der Waals surface area contributed by atoms with Crippen LogP contribution in [0.4, 0.5) is 5.69 Å². The zero-order valence-corrected chi connectivity index (χ0v) is 19.2. The molecule has 0 fully saturated rings. The summed E-state index contributed by atoms with van der Waals surface area (Å²) in [7, 11) is 0. The monoisotopic (exact) mass is 469 g/mol. The molecule has 1 aromatic carbocycles. The van der Waals surface area contributed by atoms with Crippen LogP contribution in [0.25, 0.3) is 0 Å². The van der Waals surface area contributed by atoms with E-state index in [0.717, 1.165) is 0 Å². The number of amides is 2. The molecule has 0 radical (unpaired) electrons. The molecule has 3 aromatic rings. The van der Waals surface area contributed by atoms with Crippen LogP contribution in [-0.4, -0.2) is 44.7 Å². The first-order chi connectivity index (χ1) is 15.5. The first-order valence-electron chi connectivity index (χ1n) is 9.86. The minimum absolute atomic E-state index is 0.0629. The predicted molar refractivity (Wildman–Crippen MR) is 126 cm³/mol. The van der Waals surface area contributed by atoms with Gasteiger partial charge in [-0.25, -0.2) is 0 Å². The molecule has 0 spiro atoms. The summed E-state index contributed by atoms with van der Waals surface area (Å²) in [5, 5.41) is 16.5. The topological polar surface area (TPSA) is 106 Å². The highest BCUT2D eigenvalue weighted by Gasteiger charge is 2.14. The maximum Gasteiger partial charge on any atom is 0.261 e. The van der Waals surface area contributed by atoms with E-state index in [1.54, 1.807) is 36.4 Å². The van der Waals surface area contributed by atoms with Crippen LogP contribution in [0.3, 0.4) is 0 Å². The van der Waals surface area contributed by atoms with Crippen LogP contribution in [0.2, 0.25) is 0 Å². The lowest BCUT2D eigenvalue weighted by Gasteiger charge is -2.09. The minimum atomic E-state index is -0.214. The molecule has 2 N–H and O–H groups in total. The zero-order chi connectivity index (χ0) is 22.9. The molecule has 2 aromatic heterocycles. The van der Waals surface area contributed by atoms with E-state index in [1.807, 2.05) is 16.0 Å². The fourth-order valence-electron chi connectivity index (χ4n) is 2.85. The van der Waals surface area contributed by atoms with E-state index in [2.05, 4.69) is 27.4 Å². The summed E-state index contributed by atoms with van der Waals surface area (Å²) < 4.78 is 1.87. The van der Waals surface area contributed by atoms with E-state index in [0.29, 0.717) is 46.6 Å². The summed E-state index contributed by atoms with van der Waals surface area (Å²) >= 11 is 2.65. The molecule has 0 aliphatic heterocycles. The molecule has 2 amide bonds. The number of thioether (sulfide) groups is 1. The average Bonchev–Trinajstić information content (AvgIpc) is 3.44. The molecular formula is C22H23N5O3S2. The van der Waals surface area contributed by atoms with Crippen LogP contribution in [0.5, 0.6) is 0 Å². The van der Waals surface area contributed by atoms with Gasteiger partial charge in [0.1, 0.15) is 5.82 Å². The Kier molecular flexibility index (Phi) is 8.34. The third-order valence-corrected chi connectivity index (χ3v) is 6.20. The van der Waals surface area contributed by atoms with Crippen LogP contribution in [0, 0.1) is 0 Å². The van der Waals surface area contributed by atoms with Crippen molar-refractivity contribution in [3.8, 4) is 0 Å². The van der Waals surface area contributed by atoms with Crippen LogP contribution < -0.4 is 10.6 Å². The number of anilines is 1. The molecule has 0 saturated carbocycles. The Bertz CT molecular complexity index is 1110. The number of nitrogens with one attached hydrogen (secondary N) is 2. The molecule has 0 bridgehead atoms. The number of carbonyl (C=O) groups excluding carboxylic acids is 3. The van der Waals surface area contributed by atoms with E-state index in [4.69, 9.17) is 0 Å². The Morgan fingerprint density at radius 1 is 1.22 bits per heavy atom. The van der Waals surface area contributed by atoms with Crippen molar-refractivity contribution in [1.82, 2.24) is 20.1 Å². The molecule has 0 unspecified atom stereocenters. The Labute approximate surface area is 194 Å². The molecule has 10 heteroatoms. The molecule has 8 nitrogen and oxygen atoms in total. The highest BCUT2D eigenvalue weighted by atomic mass is 32.2. The van der Waals surface area contributed by atoms with Gasteiger partial charge in [-0.3, -0.25) is 14.4 Å². The van der Waals surface area contributed by atoms with Crippen molar-refractivity contribution in [1.29, 1.82) is 0 Å². The van der Waals surface area contributed by atoms with Gasteiger partial charge in [-0.15, -0.1) is 28.1 Å². The van der Waals surface area contributed by atoms with Crippen LogP contribution in [0.15, 0.2) is 59.6 Å². The average molecular weight is 470 g/mol. The summed E-state index contributed by atoms with van der Waals surface area (Å²) in [5.41, 5.74) is 1.11. The molecule has 3 rings (SSSR count). The fourth-order valence-corrected chi connectivity index (χ4v) is 4.26. The minimum Gasteiger partial charge on any atom is -0.351 e. The summed E-state index contributed by atoms with van der Waals surface area (Å²) in [5.74, 6) is 0.443. The van der Waals surface area contributed by atoms with Gasteiger partial charge in [-0.05, 0) is 30.5 Å². The van der Waals surface area contributed by atoms with Crippen molar-refractivity contribution < 1.29 is 14.4 Å². The Morgan fingerprint density at radius 3 is 2.78 bits per heavy atom. The lowest BCUT2D eigenvalue weighted by atomic mass is 10.1. The number of thiophene rings is 1. The zero-order valence-electron chi connectivity index (χ0n) is 17.5. The van der Waals surface area contributed by atoms with Gasteiger partial charge >= 0.3 is 0 Å². The Morgan fingerprint density at radius 2 is 2.06 bits per heavy atom. The van der Waals surface area contributed by atoms with Gasteiger partial charge in [-0.2, -0.15) is 0 Å². The number of rotatable bonds is 11. The van der Waals surface area contributed by atoms with Gasteiger partial charge < -0.3 is 15.2 Å². The van der Waals surface area contributed by atoms with Crippen LogP contribution in [0.1, 0.15) is 32.8 Å². The maximum absolute atomic E-state index is 12.4. The number of aromatic nitrogens is 3. The van der Waals surface area contributed by atoms with Crippen molar-refractivity contribution in [2.24, 2.45) is 0 Å². The summed E-state index contributed by atoms with van der Waals surface area (Å²) in [6.45, 7) is 6.17. The number of hydrogen-bond donors (Lipinski definition) is 2. The van der Waals surface area contributed by atoms with Gasteiger partial charge in [0.25, 0.3) is 5.91 Å². The van der Waals surface area contributed by atoms with Crippen molar-refractivity contribution in [2.75, 3.05) is 17.6 Å². The Balaban J connectivity index is 1.55. The molecular weight excluding hydrogens is 446 g/mol. The van der Waals surface area contributed by atoms with Gasteiger partial charge in [0.15, 0.2) is 10.9 Å². The lowest BCUT2D eigenvalue weighted by molar-refractivity contribution is -0.113. The number of allylic oxidation sites excluding steroid dienone is 1. The highest BCUT2D eigenvalue weighted by Crippen LogP contribution is 2.19. The van der Waals surface area contributed by atoms with Crippen LogP contribution in [-0.2, 0) is 17.8 Å². The van der Waals surface area contributed by atoms with Gasteiger partial charge in [0.2, 0.25) is 5.91 Å². The second-order valence-corrected chi connectivity index (χ2v) is 8.65. The fraction of sp³-hybridized carbons (Fsp3) is 0.227. The van der Waals surface area contributed by atoms with E-state index >= 15 is 0 Å². The summed E-state index contributed by atoms with van der Waals surface area (Å²) in [4.78, 5) is 36.6. The Hall–Kier alpha value is -3.24. The smallest absolute Gasteiger partial charge is 0.261 e. The molecule has 0 aliphatic carbocycles. The first-order valence-corrected chi connectivity index (χ1v) is 11.7. The van der Waals surface area contributed by atoms with Crippen molar-refractivity contribution >= 4 is 46.4 Å². The third kappa shape index (κ3) is 6.38. The number of Topliss-reactive ketones (excluding diaryl/α,β-unsaturated/α-hetero) is 1. The molecule has 0 atom stereocenters. The standard InChI is InChI=1S/C22H23N5O3S2/c1-3-11-27-19(9-10-23-21(30)18-8-5-12-31-18)25-26-22(27)32-14-20(29)24-17-7-4-6-16(13-17)15(2)28/h3-8,12-13H,1,9-11,14H2,2H3,(H,23,30)(H,24,29). The second-order valence-electron chi connectivity index (χ2n) is 6.76. The maximum atomic E-state index is 12.4. The number of nitrogens with zero attached hydrogens (tertiary/aromatic N) is 3. The molecule has 166 valence electrons. The number of hydrogen-bond acceptors (Lipinski definition) is 7. The van der Waals surface area contributed by atoms with Gasteiger partial charge in [0, 0.05) is 30.8 Å². The SMILES string of the molecule is C=CCn1c(CCNC(=O)c2cccs2)nnc1SCC(=O)Nc1cccc(C(C)=O)c1. The molecule has 2 heterocycles. The second kappa shape index (κ2) is 11.4. The van der Waals surface area contributed by atoms with Crippen molar-refractivity contribution in [3.05, 3.63) is 70.7 Å².